The molecule has 0 spiro atoms. The van der Waals surface area contributed by atoms with Crippen molar-refractivity contribution in [3.05, 3.63) is 43.5 Å². The van der Waals surface area contributed by atoms with E-state index in [1.165, 1.54) is 27.0 Å². The Morgan fingerprint density at radius 2 is 2.18 bits per heavy atom. The van der Waals surface area contributed by atoms with Crippen LogP contribution in [0.25, 0.3) is 0 Å². The van der Waals surface area contributed by atoms with Crippen molar-refractivity contribution in [3.63, 3.8) is 0 Å². The van der Waals surface area contributed by atoms with E-state index in [-0.39, 0.29) is 22.3 Å². The molecule has 0 radical (unpaired) electrons. The van der Waals surface area contributed by atoms with E-state index in [0.717, 1.165) is 11.3 Å². The lowest BCUT2D eigenvalue weighted by Crippen LogP contribution is -2.29. The Labute approximate surface area is 133 Å². The van der Waals surface area contributed by atoms with Crippen molar-refractivity contribution in [1.82, 2.24) is 9.47 Å². The van der Waals surface area contributed by atoms with Gasteiger partial charge in [-0.25, -0.2) is 0 Å². The zero-order chi connectivity index (χ0) is 16.3. The quantitative estimate of drug-likeness (QED) is 0.619. The van der Waals surface area contributed by atoms with E-state index in [4.69, 9.17) is 0 Å². The van der Waals surface area contributed by atoms with Crippen LogP contribution in [-0.4, -0.2) is 40.3 Å². The highest BCUT2D eigenvalue weighted by molar-refractivity contribution is 7.13. The van der Waals surface area contributed by atoms with Crippen LogP contribution in [0.1, 0.15) is 9.67 Å². The van der Waals surface area contributed by atoms with Crippen LogP contribution in [0.2, 0.25) is 0 Å². The van der Waals surface area contributed by atoms with Gasteiger partial charge in [-0.1, -0.05) is 6.07 Å². The summed E-state index contributed by atoms with van der Waals surface area (Å²) >= 11 is 1.99. The molecule has 0 N–H and O–H groups in total. The Balaban J connectivity index is 2.42. The number of amides is 2. The van der Waals surface area contributed by atoms with Crippen LogP contribution in [0.3, 0.4) is 0 Å². The van der Waals surface area contributed by atoms with E-state index >= 15 is 0 Å². The molecule has 0 aliphatic carbocycles. The minimum Gasteiger partial charge on any atom is -0.347 e. The normalized spacial score (nSPS) is 11.5. The van der Waals surface area contributed by atoms with Crippen molar-refractivity contribution in [2.24, 2.45) is 4.99 Å². The highest BCUT2D eigenvalue weighted by Crippen LogP contribution is 2.15. The summed E-state index contributed by atoms with van der Waals surface area (Å²) in [4.78, 5) is 39.9. The molecule has 0 fully saturated rings. The summed E-state index contributed by atoms with van der Waals surface area (Å²) in [6.07, 6.45) is 1.21. The fourth-order valence-electron chi connectivity index (χ4n) is 1.48. The largest absolute Gasteiger partial charge is 0.347 e. The van der Waals surface area contributed by atoms with Crippen LogP contribution < -0.4 is 4.80 Å². The molecule has 0 saturated carbocycles. The zero-order valence-corrected chi connectivity index (χ0v) is 13.4. The lowest BCUT2D eigenvalue weighted by Gasteiger charge is -2.09. The number of carbonyl (C=O) groups is 2. The Bertz CT molecular complexity index is 773. The molecule has 0 aliphatic rings. The van der Waals surface area contributed by atoms with Crippen LogP contribution in [0.5, 0.6) is 0 Å². The fraction of sp³-hybridized carbons (Fsp3) is 0.250. The molecule has 8 nitrogen and oxygen atoms in total. The monoisotopic (exact) mass is 340 g/mol. The maximum absolute atomic E-state index is 12.0. The van der Waals surface area contributed by atoms with Crippen LogP contribution in [0, 0.1) is 10.1 Å². The van der Waals surface area contributed by atoms with Crippen LogP contribution >= 0.6 is 22.7 Å². The van der Waals surface area contributed by atoms with Gasteiger partial charge in [-0.15, -0.1) is 11.3 Å². The van der Waals surface area contributed by atoms with Crippen molar-refractivity contribution in [2.75, 3.05) is 14.1 Å². The first-order valence-corrected chi connectivity index (χ1v) is 7.75. The molecule has 116 valence electrons. The molecule has 2 aromatic heterocycles. The van der Waals surface area contributed by atoms with Crippen molar-refractivity contribution < 1.29 is 14.5 Å². The third kappa shape index (κ3) is 3.65. The zero-order valence-electron chi connectivity index (χ0n) is 11.8. The molecule has 2 rings (SSSR count). The van der Waals surface area contributed by atoms with Gasteiger partial charge in [0.15, 0.2) is 4.80 Å². The third-order valence-electron chi connectivity index (χ3n) is 2.62. The van der Waals surface area contributed by atoms with Crippen LogP contribution in [-0.2, 0) is 11.3 Å². The van der Waals surface area contributed by atoms with Gasteiger partial charge < -0.3 is 9.47 Å². The van der Waals surface area contributed by atoms with E-state index in [2.05, 4.69) is 4.99 Å². The number of thiazole rings is 1. The highest BCUT2D eigenvalue weighted by Gasteiger charge is 2.16. The summed E-state index contributed by atoms with van der Waals surface area (Å²) in [5, 5.41) is 12.4. The molecular formula is C12H12N4O4S2. The molecule has 2 heterocycles. The van der Waals surface area contributed by atoms with Crippen molar-refractivity contribution >= 4 is 39.5 Å². The van der Waals surface area contributed by atoms with E-state index in [9.17, 15) is 19.7 Å². The number of hydrogen-bond donors (Lipinski definition) is 0. The average Bonchev–Trinajstić information content (AvgIpc) is 3.08. The molecule has 0 unspecified atom stereocenters. The topological polar surface area (TPSA) is 97.8 Å². The predicted octanol–water partition coefficient (Wildman–Crippen LogP) is 1.35. The highest BCUT2D eigenvalue weighted by atomic mass is 32.1. The second-order valence-electron chi connectivity index (χ2n) is 4.42. The Morgan fingerprint density at radius 1 is 1.45 bits per heavy atom. The van der Waals surface area contributed by atoms with Crippen molar-refractivity contribution in [1.29, 1.82) is 0 Å². The number of nitro groups is 1. The number of nitrogens with zero attached hydrogens (tertiary/aromatic N) is 4. The van der Waals surface area contributed by atoms with Gasteiger partial charge >= 0.3 is 5.00 Å². The minimum atomic E-state index is -0.573. The first-order chi connectivity index (χ1) is 10.4. The lowest BCUT2D eigenvalue weighted by atomic mass is 10.4. The van der Waals surface area contributed by atoms with Gasteiger partial charge in [-0.2, -0.15) is 4.99 Å². The molecule has 2 aromatic rings. The summed E-state index contributed by atoms with van der Waals surface area (Å²) in [5.74, 6) is -0.740. The average molecular weight is 340 g/mol. The Kier molecular flexibility index (Phi) is 4.83. The summed E-state index contributed by atoms with van der Waals surface area (Å²) in [5.41, 5.74) is 0. The van der Waals surface area contributed by atoms with Crippen molar-refractivity contribution in [2.45, 2.75) is 6.54 Å². The summed E-state index contributed by atoms with van der Waals surface area (Å²) in [6, 6.07) is 3.34. The maximum Gasteiger partial charge on any atom is 0.343 e. The molecule has 2 amide bonds. The minimum absolute atomic E-state index is 0.117. The Hall–Kier alpha value is -2.33. The summed E-state index contributed by atoms with van der Waals surface area (Å²) in [7, 11) is 3.16. The maximum atomic E-state index is 12.0. The summed E-state index contributed by atoms with van der Waals surface area (Å²) in [6.45, 7) is -0.117. The number of rotatable bonds is 4. The van der Waals surface area contributed by atoms with E-state index in [0.29, 0.717) is 4.88 Å². The molecule has 10 heteroatoms. The van der Waals surface area contributed by atoms with Gasteiger partial charge in [-0.05, 0) is 22.8 Å². The number of thiophene rings is 1. The third-order valence-corrected chi connectivity index (χ3v) is 4.45. The standard InChI is InChI=1S/C12H12N4O4S2/c1-14(2)9(17)6-15-7-10(16(19)20)22-12(15)13-11(18)8-4-3-5-21-8/h3-5,7H,6H2,1-2H3. The molecule has 0 bridgehead atoms. The first-order valence-electron chi connectivity index (χ1n) is 6.06. The second-order valence-corrected chi connectivity index (χ2v) is 6.35. The molecule has 0 aromatic carbocycles. The van der Waals surface area contributed by atoms with Crippen LogP contribution in [0.15, 0.2) is 28.7 Å². The molecule has 0 saturated heterocycles. The van der Waals surface area contributed by atoms with Crippen LogP contribution in [0.4, 0.5) is 5.00 Å². The van der Waals surface area contributed by atoms with E-state index in [1.807, 2.05) is 0 Å². The molecule has 22 heavy (non-hydrogen) atoms. The number of aromatic nitrogens is 1. The summed E-state index contributed by atoms with van der Waals surface area (Å²) < 4.78 is 1.32. The predicted molar refractivity (Wildman–Crippen MR) is 81.9 cm³/mol. The van der Waals surface area contributed by atoms with Gasteiger partial charge in [0.25, 0.3) is 5.91 Å². The number of likely N-dealkylation sites (N-methyl/N-ethyl adjacent to an activating group) is 1. The van der Waals surface area contributed by atoms with E-state index in [1.54, 1.807) is 31.6 Å². The number of carbonyl (C=O) groups excluding carboxylic acids is 2. The van der Waals surface area contributed by atoms with Gasteiger partial charge in [-0.3, -0.25) is 19.7 Å². The van der Waals surface area contributed by atoms with Crippen molar-refractivity contribution in [3.8, 4) is 0 Å². The second kappa shape index (κ2) is 6.62. The fourth-order valence-corrected chi connectivity index (χ4v) is 2.89. The Morgan fingerprint density at radius 3 is 2.73 bits per heavy atom. The number of hydrogen-bond acceptors (Lipinski definition) is 6. The SMILES string of the molecule is CN(C)C(=O)Cn1cc([N+](=O)[O-])sc1=NC(=O)c1cccs1. The molecular weight excluding hydrogens is 328 g/mol. The lowest BCUT2D eigenvalue weighted by molar-refractivity contribution is -0.380. The van der Waals surface area contributed by atoms with Gasteiger partial charge in [0.1, 0.15) is 6.54 Å². The van der Waals surface area contributed by atoms with Gasteiger partial charge in [0.05, 0.1) is 16.0 Å². The van der Waals surface area contributed by atoms with Gasteiger partial charge in [0, 0.05) is 14.1 Å². The molecule has 0 atom stereocenters. The first kappa shape index (κ1) is 16.0. The van der Waals surface area contributed by atoms with E-state index < -0.39 is 10.8 Å². The molecule has 0 aliphatic heterocycles. The smallest absolute Gasteiger partial charge is 0.343 e. The van der Waals surface area contributed by atoms with Gasteiger partial charge in [0.2, 0.25) is 5.91 Å².